The zero-order valence-electron chi connectivity index (χ0n) is 16.7. The predicted octanol–water partition coefficient (Wildman–Crippen LogP) is 2.04. The largest absolute Gasteiger partial charge is 0.493 e. The van der Waals surface area contributed by atoms with Crippen LogP contribution in [0, 0.1) is 0 Å². The number of hydrogen-bond acceptors (Lipinski definition) is 7. The maximum absolute atomic E-state index is 12.5. The van der Waals surface area contributed by atoms with Crippen molar-refractivity contribution in [2.75, 3.05) is 27.4 Å². The van der Waals surface area contributed by atoms with E-state index >= 15 is 0 Å². The lowest BCUT2D eigenvalue weighted by Crippen LogP contribution is -2.43. The quantitative estimate of drug-likeness (QED) is 0.372. The Morgan fingerprint density at radius 2 is 1.73 bits per heavy atom. The highest BCUT2D eigenvalue weighted by Gasteiger charge is 2.30. The molecule has 0 saturated heterocycles. The first-order chi connectivity index (χ1) is 14.4. The Kier molecular flexibility index (Phi) is 6.46. The fourth-order valence-corrected chi connectivity index (χ4v) is 3.14. The van der Waals surface area contributed by atoms with Crippen LogP contribution in [-0.2, 0) is 20.7 Å². The van der Waals surface area contributed by atoms with Crippen LogP contribution >= 0.6 is 0 Å². The summed E-state index contributed by atoms with van der Waals surface area (Å²) in [6.45, 7) is -0.561. The van der Waals surface area contributed by atoms with Crippen molar-refractivity contribution in [1.29, 1.82) is 0 Å². The van der Waals surface area contributed by atoms with Gasteiger partial charge < -0.3 is 14.2 Å². The van der Waals surface area contributed by atoms with Crippen LogP contribution in [0.5, 0.6) is 11.5 Å². The van der Waals surface area contributed by atoms with Crippen LogP contribution in [0.3, 0.4) is 0 Å². The van der Waals surface area contributed by atoms with Crippen molar-refractivity contribution in [2.45, 2.75) is 12.8 Å². The molecule has 8 nitrogen and oxygen atoms in total. The van der Waals surface area contributed by atoms with E-state index in [1.54, 1.807) is 36.4 Å². The Hall–Kier alpha value is -3.68. The van der Waals surface area contributed by atoms with Crippen LogP contribution in [0.1, 0.15) is 32.7 Å². The average molecular weight is 411 g/mol. The van der Waals surface area contributed by atoms with E-state index in [1.807, 2.05) is 0 Å². The predicted molar refractivity (Wildman–Crippen MR) is 106 cm³/mol. The smallest absolute Gasteiger partial charge is 0.308 e. The van der Waals surface area contributed by atoms with Gasteiger partial charge in [-0.3, -0.25) is 24.1 Å². The Morgan fingerprint density at radius 3 is 2.47 bits per heavy atom. The van der Waals surface area contributed by atoms with Crippen molar-refractivity contribution in [3.63, 3.8) is 0 Å². The summed E-state index contributed by atoms with van der Waals surface area (Å²) in [6.07, 6.45) is -0.0897. The van der Waals surface area contributed by atoms with Crippen molar-refractivity contribution < 1.29 is 33.4 Å². The summed E-state index contributed by atoms with van der Waals surface area (Å²) in [5.74, 6) is -1.03. The van der Waals surface area contributed by atoms with E-state index in [0.29, 0.717) is 28.2 Å². The molecule has 0 fully saturated rings. The number of hydrogen-bond donors (Lipinski definition) is 0. The Bertz CT molecular complexity index is 999. The minimum absolute atomic E-state index is 0.102. The third kappa shape index (κ3) is 4.48. The van der Waals surface area contributed by atoms with E-state index in [1.165, 1.54) is 20.3 Å². The number of nitrogens with zero attached hydrogens (tertiary/aromatic N) is 1. The number of rotatable bonds is 8. The maximum atomic E-state index is 12.5. The topological polar surface area (TPSA) is 99.2 Å². The SMILES string of the molecule is COc1ccc(C(=O)COC(=O)CCN2C(=O)Cc3ccccc3C2=O)cc1OC. The second-order valence-electron chi connectivity index (χ2n) is 6.59. The van der Waals surface area contributed by atoms with E-state index in [2.05, 4.69) is 0 Å². The van der Waals surface area contributed by atoms with Gasteiger partial charge in [-0.05, 0) is 29.8 Å². The van der Waals surface area contributed by atoms with Gasteiger partial charge in [0.2, 0.25) is 5.91 Å². The molecule has 0 aliphatic carbocycles. The monoisotopic (exact) mass is 411 g/mol. The number of Topliss-reactive ketones (excluding diaryl/α,β-unsaturated/α-hetero) is 1. The number of esters is 1. The van der Waals surface area contributed by atoms with Gasteiger partial charge in [-0.1, -0.05) is 18.2 Å². The normalized spacial score (nSPS) is 12.9. The lowest BCUT2D eigenvalue weighted by molar-refractivity contribution is -0.143. The van der Waals surface area contributed by atoms with Crippen LogP contribution < -0.4 is 9.47 Å². The summed E-state index contributed by atoms with van der Waals surface area (Å²) in [7, 11) is 2.94. The Morgan fingerprint density at radius 1 is 1.00 bits per heavy atom. The molecule has 0 atom stereocenters. The fourth-order valence-electron chi connectivity index (χ4n) is 3.14. The lowest BCUT2D eigenvalue weighted by Gasteiger charge is -2.26. The van der Waals surface area contributed by atoms with Gasteiger partial charge in [0.15, 0.2) is 23.9 Å². The van der Waals surface area contributed by atoms with Crippen LogP contribution in [0.2, 0.25) is 0 Å². The molecule has 1 heterocycles. The van der Waals surface area contributed by atoms with Crippen molar-refractivity contribution in [2.24, 2.45) is 0 Å². The van der Waals surface area contributed by atoms with Gasteiger partial charge in [-0.15, -0.1) is 0 Å². The molecule has 0 N–H and O–H groups in total. The number of methoxy groups -OCH3 is 2. The van der Waals surface area contributed by atoms with Gasteiger partial charge >= 0.3 is 5.97 Å². The molecule has 156 valence electrons. The molecular formula is C22H21NO7. The van der Waals surface area contributed by atoms with Gasteiger partial charge in [-0.2, -0.15) is 0 Å². The molecule has 0 aromatic heterocycles. The molecule has 1 aliphatic heterocycles. The molecule has 8 heteroatoms. The van der Waals surface area contributed by atoms with Crippen molar-refractivity contribution in [3.8, 4) is 11.5 Å². The summed E-state index contributed by atoms with van der Waals surface area (Å²) < 4.78 is 15.3. The van der Waals surface area contributed by atoms with Crippen molar-refractivity contribution >= 4 is 23.6 Å². The van der Waals surface area contributed by atoms with Gasteiger partial charge in [0.05, 0.1) is 27.1 Å². The van der Waals surface area contributed by atoms with E-state index in [0.717, 1.165) is 4.90 Å². The third-order valence-corrected chi connectivity index (χ3v) is 4.74. The average Bonchev–Trinajstić information content (AvgIpc) is 2.76. The van der Waals surface area contributed by atoms with E-state index < -0.39 is 24.3 Å². The van der Waals surface area contributed by atoms with E-state index in [4.69, 9.17) is 14.2 Å². The van der Waals surface area contributed by atoms with Crippen LogP contribution in [0.25, 0.3) is 0 Å². The van der Waals surface area contributed by atoms with Gasteiger partial charge in [-0.25, -0.2) is 0 Å². The van der Waals surface area contributed by atoms with Crippen molar-refractivity contribution in [1.82, 2.24) is 4.90 Å². The highest BCUT2D eigenvalue weighted by Crippen LogP contribution is 2.27. The first-order valence-electron chi connectivity index (χ1n) is 9.28. The minimum atomic E-state index is -0.678. The van der Waals surface area contributed by atoms with Crippen LogP contribution in [0.15, 0.2) is 42.5 Å². The summed E-state index contributed by atoms with van der Waals surface area (Å²) in [6, 6.07) is 11.5. The number of fused-ring (bicyclic) bond motifs is 1. The Balaban J connectivity index is 1.53. The van der Waals surface area contributed by atoms with E-state index in [9.17, 15) is 19.2 Å². The molecule has 0 unspecified atom stereocenters. The van der Waals surface area contributed by atoms with Crippen molar-refractivity contribution in [3.05, 3.63) is 59.2 Å². The second-order valence-corrected chi connectivity index (χ2v) is 6.59. The molecule has 30 heavy (non-hydrogen) atoms. The summed E-state index contributed by atoms with van der Waals surface area (Å²) >= 11 is 0. The van der Waals surface area contributed by atoms with E-state index in [-0.39, 0.29) is 25.3 Å². The molecule has 0 bridgehead atoms. The second kappa shape index (κ2) is 9.21. The molecule has 0 spiro atoms. The molecule has 0 radical (unpaired) electrons. The number of imide groups is 1. The fraction of sp³-hybridized carbons (Fsp3) is 0.273. The highest BCUT2D eigenvalue weighted by atomic mass is 16.5. The lowest BCUT2D eigenvalue weighted by atomic mass is 9.98. The molecule has 2 amide bonds. The molecular weight excluding hydrogens is 390 g/mol. The zero-order valence-corrected chi connectivity index (χ0v) is 16.7. The zero-order chi connectivity index (χ0) is 21.7. The number of amides is 2. The molecule has 3 rings (SSSR count). The number of carbonyl (C=O) groups is 4. The number of benzene rings is 2. The molecule has 1 aliphatic rings. The number of ether oxygens (including phenoxy) is 3. The minimum Gasteiger partial charge on any atom is -0.493 e. The number of carbonyl (C=O) groups excluding carboxylic acids is 4. The summed E-state index contributed by atoms with van der Waals surface area (Å²) in [5.41, 5.74) is 1.43. The van der Waals surface area contributed by atoms with Gasteiger partial charge in [0, 0.05) is 17.7 Å². The molecule has 0 saturated carbocycles. The first kappa shape index (κ1) is 21.0. The van der Waals surface area contributed by atoms with Gasteiger partial charge in [0.1, 0.15) is 0 Å². The van der Waals surface area contributed by atoms with Gasteiger partial charge in [0.25, 0.3) is 5.91 Å². The summed E-state index contributed by atoms with van der Waals surface area (Å²) in [5, 5.41) is 0. The van der Waals surface area contributed by atoms with Crippen LogP contribution in [-0.4, -0.2) is 55.8 Å². The number of ketones is 1. The first-order valence-corrected chi connectivity index (χ1v) is 9.28. The maximum Gasteiger partial charge on any atom is 0.308 e. The molecule has 2 aromatic carbocycles. The third-order valence-electron chi connectivity index (χ3n) is 4.74. The molecule has 2 aromatic rings. The standard InChI is InChI=1S/C22H21NO7/c1-28-18-8-7-15(11-19(18)29-2)17(24)13-30-21(26)9-10-23-20(25)12-14-5-3-4-6-16(14)22(23)27/h3-8,11H,9-10,12-13H2,1-2H3. The Labute approximate surface area is 173 Å². The highest BCUT2D eigenvalue weighted by molar-refractivity contribution is 6.09. The van der Waals surface area contributed by atoms with Crippen LogP contribution in [0.4, 0.5) is 0 Å². The summed E-state index contributed by atoms with van der Waals surface area (Å²) in [4.78, 5) is 50.0.